The highest BCUT2D eigenvalue weighted by atomic mass is 32.7. The van der Waals surface area contributed by atoms with Crippen LogP contribution in [-0.2, 0) is 43.9 Å². The summed E-state index contributed by atoms with van der Waals surface area (Å²) in [4.78, 5) is 41.3. The fourth-order valence-corrected chi connectivity index (χ4v) is 7.99. The molecule has 6 N–H and O–H groups in total. The molecule has 0 aromatic carbocycles. The first-order chi connectivity index (χ1) is 21.3. The van der Waals surface area contributed by atoms with Crippen LogP contribution in [0.2, 0.25) is 0 Å². The van der Waals surface area contributed by atoms with Crippen molar-refractivity contribution in [1.29, 1.82) is 0 Å². The van der Waals surface area contributed by atoms with Crippen molar-refractivity contribution in [3.63, 3.8) is 0 Å². The minimum atomic E-state index is -4.50. The number of hydrogen-bond donors (Lipinski definition) is 5. The van der Waals surface area contributed by atoms with Gasteiger partial charge in [-0.15, -0.1) is 5.10 Å². The maximum atomic E-state index is 15.9. The Morgan fingerprint density at radius 1 is 1.02 bits per heavy atom. The van der Waals surface area contributed by atoms with Crippen LogP contribution in [0.3, 0.4) is 0 Å². The van der Waals surface area contributed by atoms with Crippen molar-refractivity contribution in [2.45, 2.75) is 49.2 Å². The molecule has 7 rings (SSSR count). The van der Waals surface area contributed by atoms with Gasteiger partial charge in [0.15, 0.2) is 52.9 Å². The van der Waals surface area contributed by atoms with E-state index in [4.69, 9.17) is 50.8 Å². The first-order valence-corrected chi connectivity index (χ1v) is 18.0. The Kier molecular flexibility index (Phi) is 7.68. The molecular weight excluding hydrogens is 690 g/mol. The summed E-state index contributed by atoms with van der Waals surface area (Å²) in [5.41, 5.74) is 10.6. The molecule has 7 heterocycles. The van der Waals surface area contributed by atoms with Gasteiger partial charge in [-0.2, -0.15) is 9.67 Å². The van der Waals surface area contributed by atoms with Gasteiger partial charge in [0, 0.05) is 0 Å². The molecule has 2 bridgehead atoms. The van der Waals surface area contributed by atoms with Crippen molar-refractivity contribution in [1.82, 2.24) is 44.5 Å². The molecule has 45 heavy (non-hydrogen) atoms. The Morgan fingerprint density at radius 3 is 2.58 bits per heavy atom. The zero-order valence-corrected chi connectivity index (χ0v) is 25.6. The van der Waals surface area contributed by atoms with Gasteiger partial charge in [-0.25, -0.2) is 28.3 Å². The molecule has 4 unspecified atom stereocenters. The van der Waals surface area contributed by atoms with Crippen LogP contribution in [0.15, 0.2) is 17.4 Å². The number of imidazole rings is 1. The van der Waals surface area contributed by atoms with Gasteiger partial charge in [-0.05, 0) is 11.8 Å². The lowest BCUT2D eigenvalue weighted by atomic mass is 10.1. The number of aromatic nitrogens is 9. The van der Waals surface area contributed by atoms with Gasteiger partial charge in [0.1, 0.15) is 30.7 Å². The number of aromatic amines is 1. The molecule has 10 atom stereocenters. The summed E-state index contributed by atoms with van der Waals surface area (Å²) >= 11 is 9.08. The first kappa shape index (κ1) is 30.9. The number of H-pyrrole nitrogens is 1. The third-order valence-corrected chi connectivity index (χ3v) is 10.3. The summed E-state index contributed by atoms with van der Waals surface area (Å²) in [5, 5.41) is 7.71. The van der Waals surface area contributed by atoms with Crippen molar-refractivity contribution in [3.05, 3.63) is 23.0 Å². The van der Waals surface area contributed by atoms with E-state index >= 15 is 8.78 Å². The average Bonchev–Trinajstić information content (AvgIpc) is 3.72. The normalized spacial score (nSPS) is 37.7. The number of ether oxygens (including phenoxy) is 2. The molecular formula is C19H21F2N11O9P2S2. The van der Waals surface area contributed by atoms with E-state index in [1.54, 1.807) is 0 Å². The molecule has 3 saturated heterocycles. The van der Waals surface area contributed by atoms with Crippen molar-refractivity contribution < 1.29 is 45.8 Å². The number of rotatable bonds is 2. The summed E-state index contributed by atoms with van der Waals surface area (Å²) in [6.07, 6.45) is -11.4. The Hall–Kier alpha value is -2.76. The molecule has 3 fully saturated rings. The quantitative estimate of drug-likeness (QED) is 0.136. The van der Waals surface area contributed by atoms with Crippen LogP contribution in [0.1, 0.15) is 12.5 Å². The summed E-state index contributed by atoms with van der Waals surface area (Å²) in [7, 11) is 0. The number of anilines is 2. The fraction of sp³-hybridized carbons (Fsp3) is 0.526. The number of nitrogen functional groups attached to an aromatic ring is 2. The minimum Gasteiger partial charge on any atom is -0.382 e. The van der Waals surface area contributed by atoms with Crippen LogP contribution in [0, 0.1) is 0 Å². The Morgan fingerprint density at radius 2 is 1.78 bits per heavy atom. The smallest absolute Gasteiger partial charge is 0.382 e. The molecule has 3 aliphatic rings. The van der Waals surface area contributed by atoms with Gasteiger partial charge < -0.3 is 30.4 Å². The number of halogens is 2. The number of nitrogens with zero attached hydrogens (tertiary/aromatic N) is 8. The third kappa shape index (κ3) is 5.52. The van der Waals surface area contributed by atoms with E-state index in [2.05, 4.69) is 47.5 Å². The Labute approximate surface area is 258 Å². The lowest BCUT2D eigenvalue weighted by Gasteiger charge is -2.26. The lowest BCUT2D eigenvalue weighted by molar-refractivity contribution is -0.0597. The van der Waals surface area contributed by atoms with Gasteiger partial charge in [-0.1, -0.05) is 17.5 Å². The molecule has 20 nitrogen and oxygen atoms in total. The average molecular weight is 712 g/mol. The highest BCUT2D eigenvalue weighted by Gasteiger charge is 2.54. The van der Waals surface area contributed by atoms with Crippen LogP contribution >= 0.6 is 25.8 Å². The number of thiol groups is 1. The maximum Gasteiger partial charge on any atom is 0.386 e. The van der Waals surface area contributed by atoms with E-state index in [1.807, 2.05) is 0 Å². The monoisotopic (exact) mass is 711 g/mol. The van der Waals surface area contributed by atoms with E-state index in [-0.39, 0.29) is 34.1 Å². The van der Waals surface area contributed by atoms with E-state index < -0.39 is 81.5 Å². The van der Waals surface area contributed by atoms with Crippen LogP contribution < -0.4 is 17.0 Å². The van der Waals surface area contributed by atoms with Gasteiger partial charge in [0.25, 0.3) is 5.56 Å². The predicted molar refractivity (Wildman–Crippen MR) is 152 cm³/mol. The molecule has 0 amide bonds. The largest absolute Gasteiger partial charge is 0.386 e. The molecule has 242 valence electrons. The fourth-order valence-electron chi connectivity index (χ4n) is 5.10. The Bertz CT molecular complexity index is 1950. The van der Waals surface area contributed by atoms with Crippen molar-refractivity contribution in [2.24, 2.45) is 0 Å². The van der Waals surface area contributed by atoms with E-state index in [9.17, 15) is 14.3 Å². The topological polar surface area (TPSA) is 265 Å². The second kappa shape index (κ2) is 11.2. The first-order valence-electron chi connectivity index (χ1n) is 12.8. The molecule has 0 aliphatic carbocycles. The van der Waals surface area contributed by atoms with Crippen LogP contribution in [-0.4, -0.2) is 99.3 Å². The summed E-state index contributed by atoms with van der Waals surface area (Å²) in [6.45, 7) is -10.3. The predicted octanol–water partition coefficient (Wildman–Crippen LogP) is 0.0618. The van der Waals surface area contributed by atoms with Crippen LogP contribution in [0.25, 0.3) is 22.3 Å². The van der Waals surface area contributed by atoms with Gasteiger partial charge >= 0.3 is 13.5 Å². The maximum absolute atomic E-state index is 15.9. The molecule has 26 heteroatoms. The molecule has 4 aromatic rings. The summed E-state index contributed by atoms with van der Waals surface area (Å²) < 4.78 is 80.7. The highest BCUT2D eigenvalue weighted by Crippen LogP contribution is 2.58. The summed E-state index contributed by atoms with van der Waals surface area (Å²) in [6, 6.07) is 0. The van der Waals surface area contributed by atoms with Crippen molar-refractivity contribution in [3.8, 4) is 0 Å². The van der Waals surface area contributed by atoms with Crippen LogP contribution in [0.5, 0.6) is 0 Å². The number of alkyl halides is 2. The lowest BCUT2D eigenvalue weighted by Crippen LogP contribution is -2.34. The number of hydrogen-bond acceptors (Lipinski definition) is 17. The van der Waals surface area contributed by atoms with Gasteiger partial charge in [0.2, 0.25) is 5.95 Å². The molecule has 0 spiro atoms. The van der Waals surface area contributed by atoms with Gasteiger partial charge in [-0.3, -0.25) is 27.9 Å². The SMILES string of the molecule is Nc1nc2c(ncn2C2O[C@@H]3COP(O)(=S)O[C@H]4[C@H](F)C(n5nnc6c(N)ncnc65)O[C@@H]4COP(=O)(S)O[C@@H]2[C@@H]3F)c(=O)[nH]1. The molecule has 4 aromatic heterocycles. The summed E-state index contributed by atoms with van der Waals surface area (Å²) in [5.74, 6) is -0.291. The van der Waals surface area contributed by atoms with E-state index in [1.165, 1.54) is 0 Å². The molecule has 0 radical (unpaired) electrons. The van der Waals surface area contributed by atoms with Crippen molar-refractivity contribution >= 4 is 71.7 Å². The molecule has 3 aliphatic heterocycles. The zero-order valence-electron chi connectivity index (χ0n) is 22.1. The molecule has 0 saturated carbocycles. The van der Waals surface area contributed by atoms with E-state index in [0.29, 0.717) is 0 Å². The van der Waals surface area contributed by atoms with Crippen molar-refractivity contribution in [2.75, 3.05) is 24.7 Å². The highest BCUT2D eigenvalue weighted by molar-refractivity contribution is 8.44. The number of nitrogens with two attached hydrogens (primary N) is 2. The third-order valence-electron chi connectivity index (χ3n) is 7.10. The second-order valence-electron chi connectivity index (χ2n) is 9.93. The van der Waals surface area contributed by atoms with Gasteiger partial charge in [0.05, 0.1) is 19.5 Å². The standard InChI is InChI=1S/C19H21F2N11O9P2S2/c20-7-5-1-36-42(34,44)40-11-6(39-17(8(11)21)32-14-9(29-30-32)13(22)24-3-25-14)2-37-43(35,45)41-12(7)18(38-5)31-4-26-10-15(31)27-19(23)28-16(10)33/h3-8,11-12,17-18H,1-2H2,(H,34,44)(H,35,45)(H2,22,24,25)(H3,23,27,28,33)/t5-,6-,7-,8+,11-,12-,17?,18?,42?,43?/m1/s1. The van der Waals surface area contributed by atoms with Crippen LogP contribution in [0.4, 0.5) is 20.5 Å². The number of nitrogens with one attached hydrogen (secondary N) is 1. The minimum absolute atomic E-state index is 0.0202. The van der Waals surface area contributed by atoms with E-state index in [0.717, 1.165) is 21.9 Å². The number of fused-ring (bicyclic) bond motifs is 5. The zero-order chi connectivity index (χ0) is 31.8. The Balaban J connectivity index is 1.21. The second-order valence-corrected chi connectivity index (χ2v) is 15.6.